The van der Waals surface area contributed by atoms with Crippen LogP contribution < -0.4 is 10.2 Å². The zero-order valence-electron chi connectivity index (χ0n) is 20.9. The number of rotatable bonds is 3. The van der Waals surface area contributed by atoms with Crippen LogP contribution in [0.2, 0.25) is 5.02 Å². The molecule has 2 bridgehead atoms. The van der Waals surface area contributed by atoms with Gasteiger partial charge in [-0.15, -0.1) is 0 Å². The summed E-state index contributed by atoms with van der Waals surface area (Å²) in [6.45, 7) is 6.11. The number of carbonyl (C=O) groups excluding carboxylic acids is 2. The summed E-state index contributed by atoms with van der Waals surface area (Å²) < 4.78 is 11.7. The van der Waals surface area contributed by atoms with Gasteiger partial charge in [-0.05, 0) is 63.6 Å². The van der Waals surface area contributed by atoms with Gasteiger partial charge < -0.3 is 19.7 Å². The highest BCUT2D eigenvalue weighted by molar-refractivity contribution is 6.34. The average Bonchev–Trinajstić information content (AvgIpc) is 3.44. The van der Waals surface area contributed by atoms with Crippen molar-refractivity contribution in [3.8, 4) is 0 Å². The van der Waals surface area contributed by atoms with Crippen molar-refractivity contribution in [1.29, 1.82) is 0 Å². The minimum atomic E-state index is -0.341. The second-order valence-corrected chi connectivity index (χ2v) is 10.2. The summed E-state index contributed by atoms with van der Waals surface area (Å²) >= 11 is 6.60. The van der Waals surface area contributed by atoms with Crippen molar-refractivity contribution in [2.45, 2.75) is 83.1 Å². The summed E-state index contributed by atoms with van der Waals surface area (Å²) in [5, 5.41) is 3.52. The largest absolute Gasteiger partial charge is 0.381 e. The third-order valence-corrected chi connectivity index (χ3v) is 7.47. The third kappa shape index (κ3) is 6.71. The molecule has 1 fully saturated rings. The fourth-order valence-corrected chi connectivity index (χ4v) is 4.90. The fraction of sp³-hybridized carbons (Fsp3) is 0.556. The van der Waals surface area contributed by atoms with Crippen LogP contribution in [0.1, 0.15) is 57.1 Å². The van der Waals surface area contributed by atoms with Crippen molar-refractivity contribution in [3.05, 3.63) is 52.1 Å². The van der Waals surface area contributed by atoms with E-state index < -0.39 is 0 Å². The molecule has 1 aromatic carbocycles. The van der Waals surface area contributed by atoms with Gasteiger partial charge in [0, 0.05) is 33.0 Å². The van der Waals surface area contributed by atoms with Crippen LogP contribution in [-0.4, -0.2) is 50.3 Å². The number of epoxide rings is 1. The molecule has 2 aliphatic heterocycles. The Hall–Kier alpha value is -2.15. The molecule has 4 atom stereocenters. The van der Waals surface area contributed by atoms with Gasteiger partial charge in [0.1, 0.15) is 0 Å². The number of nitrogens with one attached hydrogen (secondary N) is 1. The number of hydrogen-bond acceptors (Lipinski definition) is 4. The van der Waals surface area contributed by atoms with Crippen molar-refractivity contribution in [1.82, 2.24) is 5.32 Å². The number of benzene rings is 1. The van der Waals surface area contributed by atoms with Crippen LogP contribution in [0.3, 0.4) is 0 Å². The van der Waals surface area contributed by atoms with Gasteiger partial charge in [0.05, 0.1) is 28.5 Å². The quantitative estimate of drug-likeness (QED) is 0.485. The maximum atomic E-state index is 13.1. The Morgan fingerprint density at radius 1 is 1.29 bits per heavy atom. The number of aryl methyl sites for hydroxylation is 1. The molecule has 186 valence electrons. The van der Waals surface area contributed by atoms with Gasteiger partial charge in [0.25, 0.3) is 0 Å². The monoisotopic (exact) mass is 488 g/mol. The second kappa shape index (κ2) is 11.5. The molecule has 6 nitrogen and oxygen atoms in total. The zero-order valence-corrected chi connectivity index (χ0v) is 21.7. The zero-order chi connectivity index (χ0) is 24.9. The Balaban J connectivity index is 1.88. The molecular weight excluding hydrogens is 452 g/mol. The first-order chi connectivity index (χ1) is 16.2. The number of amides is 2. The number of ether oxygens (including phenoxy) is 2. The molecule has 2 amide bonds. The lowest BCUT2D eigenvalue weighted by Crippen LogP contribution is -2.33. The molecule has 3 rings (SSSR count). The van der Waals surface area contributed by atoms with Crippen LogP contribution in [-0.2, 0) is 25.5 Å². The SMILES string of the molecule is COC1CC(NC=O)C/C=C/C=C(\C)Cc2cc(C)c(Cl)c(c2)N(C)C(=O)CCC2(C)OC2C1. The van der Waals surface area contributed by atoms with Crippen LogP contribution >= 0.6 is 11.6 Å². The number of halogens is 1. The van der Waals surface area contributed by atoms with Crippen molar-refractivity contribution in [2.75, 3.05) is 19.1 Å². The summed E-state index contributed by atoms with van der Waals surface area (Å²) in [5.74, 6) is 0.0144. The molecule has 7 heteroatoms. The molecule has 1 N–H and O–H groups in total. The van der Waals surface area contributed by atoms with Gasteiger partial charge in [-0.3, -0.25) is 9.59 Å². The van der Waals surface area contributed by atoms with E-state index in [9.17, 15) is 9.59 Å². The van der Waals surface area contributed by atoms with E-state index in [0.717, 1.165) is 36.1 Å². The summed E-state index contributed by atoms with van der Waals surface area (Å²) in [5.41, 5.74) is 3.65. The summed E-state index contributed by atoms with van der Waals surface area (Å²) in [4.78, 5) is 25.9. The fourth-order valence-electron chi connectivity index (χ4n) is 4.67. The standard InChI is InChI=1S/C27H37ClN2O4/c1-18-8-6-7-9-21(29-17-31)15-22(33-5)16-24-27(3,34-24)11-10-25(32)30(4)23-14-20(12-18)13-19(2)26(23)28/h6-8,13-14,17,21-22,24H,9-12,15-16H2,1-5H3,(H,29,31)/b7-6+,18-8+. The minimum absolute atomic E-state index is 0.0144. The Labute approximate surface area is 208 Å². The van der Waals surface area contributed by atoms with Gasteiger partial charge >= 0.3 is 0 Å². The number of carbonyl (C=O) groups is 2. The van der Waals surface area contributed by atoms with Crippen molar-refractivity contribution in [2.24, 2.45) is 0 Å². The Bertz CT molecular complexity index is 960. The molecule has 34 heavy (non-hydrogen) atoms. The predicted molar refractivity (Wildman–Crippen MR) is 136 cm³/mol. The summed E-state index contributed by atoms with van der Waals surface area (Å²) in [7, 11) is 3.48. The molecule has 0 spiro atoms. The molecule has 1 aromatic rings. The van der Waals surface area contributed by atoms with Crippen LogP contribution in [0, 0.1) is 6.92 Å². The topological polar surface area (TPSA) is 71.2 Å². The number of nitrogens with zero attached hydrogens (tertiary/aromatic N) is 1. The number of allylic oxidation sites excluding steroid dienone is 3. The van der Waals surface area contributed by atoms with E-state index in [1.807, 2.05) is 19.1 Å². The lowest BCUT2D eigenvalue weighted by atomic mass is 9.94. The highest BCUT2D eigenvalue weighted by atomic mass is 35.5. The Morgan fingerprint density at radius 3 is 2.76 bits per heavy atom. The number of methoxy groups -OCH3 is 1. The smallest absolute Gasteiger partial charge is 0.226 e. The van der Waals surface area contributed by atoms with E-state index in [-0.39, 0.29) is 29.8 Å². The van der Waals surface area contributed by atoms with E-state index in [0.29, 0.717) is 30.7 Å². The molecular formula is C27H37ClN2O4. The highest BCUT2D eigenvalue weighted by Crippen LogP contribution is 2.44. The summed E-state index contributed by atoms with van der Waals surface area (Å²) in [6.07, 6.45) is 10.8. The van der Waals surface area contributed by atoms with Crippen LogP contribution in [0.4, 0.5) is 5.69 Å². The maximum Gasteiger partial charge on any atom is 0.226 e. The molecule has 0 aliphatic carbocycles. The van der Waals surface area contributed by atoms with Crippen LogP contribution in [0.15, 0.2) is 35.9 Å². The van der Waals surface area contributed by atoms with E-state index in [2.05, 4.69) is 37.4 Å². The lowest BCUT2D eigenvalue weighted by molar-refractivity contribution is -0.118. The molecule has 4 unspecified atom stereocenters. The first-order valence-electron chi connectivity index (χ1n) is 11.9. The molecule has 0 radical (unpaired) electrons. The maximum absolute atomic E-state index is 13.1. The van der Waals surface area contributed by atoms with Gasteiger partial charge in [0.2, 0.25) is 12.3 Å². The van der Waals surface area contributed by atoms with Gasteiger partial charge in [-0.1, -0.05) is 41.5 Å². The van der Waals surface area contributed by atoms with E-state index in [1.54, 1.807) is 19.1 Å². The second-order valence-electron chi connectivity index (χ2n) is 9.78. The minimum Gasteiger partial charge on any atom is -0.381 e. The van der Waals surface area contributed by atoms with Crippen molar-refractivity contribution < 1.29 is 19.1 Å². The number of fused-ring (bicyclic) bond motifs is 3. The van der Waals surface area contributed by atoms with E-state index in [1.165, 1.54) is 5.57 Å². The van der Waals surface area contributed by atoms with Crippen molar-refractivity contribution >= 4 is 29.6 Å². The van der Waals surface area contributed by atoms with Gasteiger partial charge in [0.15, 0.2) is 0 Å². The number of anilines is 1. The Kier molecular flexibility index (Phi) is 8.96. The first-order valence-corrected chi connectivity index (χ1v) is 12.3. The molecule has 2 aliphatic rings. The molecule has 1 saturated heterocycles. The first kappa shape index (κ1) is 26.5. The van der Waals surface area contributed by atoms with Crippen molar-refractivity contribution in [3.63, 3.8) is 0 Å². The van der Waals surface area contributed by atoms with Gasteiger partial charge in [-0.25, -0.2) is 0 Å². The summed E-state index contributed by atoms with van der Waals surface area (Å²) in [6, 6.07) is 4.07. The number of hydrogen-bond donors (Lipinski definition) is 1. The lowest BCUT2D eigenvalue weighted by Gasteiger charge is -2.22. The molecule has 0 saturated carbocycles. The Morgan fingerprint density at radius 2 is 2.06 bits per heavy atom. The molecule has 2 heterocycles. The highest BCUT2D eigenvalue weighted by Gasteiger charge is 2.52. The normalized spacial score (nSPS) is 31.2. The van der Waals surface area contributed by atoms with Crippen LogP contribution in [0.25, 0.3) is 0 Å². The molecule has 0 aromatic heterocycles. The average molecular weight is 489 g/mol. The van der Waals surface area contributed by atoms with Gasteiger partial charge in [-0.2, -0.15) is 0 Å². The third-order valence-electron chi connectivity index (χ3n) is 6.98. The van der Waals surface area contributed by atoms with E-state index >= 15 is 0 Å². The predicted octanol–water partition coefficient (Wildman–Crippen LogP) is 4.91. The van der Waals surface area contributed by atoms with E-state index in [4.69, 9.17) is 21.1 Å². The van der Waals surface area contributed by atoms with Crippen LogP contribution in [0.5, 0.6) is 0 Å².